The maximum absolute atomic E-state index is 12.4. The number of thioether (sulfide) groups is 1. The minimum Gasteiger partial charge on any atom is -0.350 e. The van der Waals surface area contributed by atoms with Crippen LogP contribution < -0.4 is 5.32 Å². The van der Waals surface area contributed by atoms with E-state index in [9.17, 15) is 9.59 Å². The number of nitrogens with one attached hydrogen (secondary N) is 1. The first-order valence-electron chi connectivity index (χ1n) is 7.10. The molecule has 1 fully saturated rings. The number of nitrogens with zero attached hydrogens (tertiary/aromatic N) is 1. The molecule has 21 heavy (non-hydrogen) atoms. The highest BCUT2D eigenvalue weighted by Gasteiger charge is 2.35. The van der Waals surface area contributed by atoms with E-state index in [1.165, 1.54) is 0 Å². The monoisotopic (exact) mass is 306 g/mol. The second kappa shape index (κ2) is 6.52. The van der Waals surface area contributed by atoms with Crippen molar-refractivity contribution in [1.82, 2.24) is 10.2 Å². The molecular formula is C16H22N2O2S. The standard InChI is InChI=1S/C16H22N2O2S/c1-16(2,3)17-15(20)13-10-21-11-18(13)14(19)9-12-7-5-4-6-8-12/h4-8,13H,9-11H2,1-3H3,(H,17,20). The van der Waals surface area contributed by atoms with E-state index >= 15 is 0 Å². The van der Waals surface area contributed by atoms with Crippen molar-refractivity contribution < 1.29 is 9.59 Å². The number of amides is 2. The first-order chi connectivity index (χ1) is 9.87. The molecule has 0 radical (unpaired) electrons. The summed E-state index contributed by atoms with van der Waals surface area (Å²) in [5.41, 5.74) is 0.702. The molecule has 1 aliphatic heterocycles. The van der Waals surface area contributed by atoms with Crippen LogP contribution in [0.4, 0.5) is 0 Å². The average Bonchev–Trinajstić information content (AvgIpc) is 2.87. The van der Waals surface area contributed by atoms with Gasteiger partial charge in [-0.1, -0.05) is 30.3 Å². The molecule has 114 valence electrons. The number of carbonyl (C=O) groups excluding carboxylic acids is 2. The van der Waals surface area contributed by atoms with Gasteiger partial charge in [-0.2, -0.15) is 0 Å². The summed E-state index contributed by atoms with van der Waals surface area (Å²) in [6, 6.07) is 9.29. The SMILES string of the molecule is CC(C)(C)NC(=O)C1CSCN1C(=O)Cc1ccccc1. The lowest BCUT2D eigenvalue weighted by atomic mass is 10.1. The highest BCUT2D eigenvalue weighted by atomic mass is 32.2. The molecule has 1 atom stereocenters. The predicted molar refractivity (Wildman–Crippen MR) is 86.0 cm³/mol. The van der Waals surface area contributed by atoms with Gasteiger partial charge in [-0.3, -0.25) is 9.59 Å². The Morgan fingerprint density at radius 3 is 2.57 bits per heavy atom. The predicted octanol–water partition coefficient (Wildman–Crippen LogP) is 2.05. The quantitative estimate of drug-likeness (QED) is 0.930. The van der Waals surface area contributed by atoms with Gasteiger partial charge in [0.2, 0.25) is 11.8 Å². The number of carbonyl (C=O) groups is 2. The Hall–Kier alpha value is -1.49. The summed E-state index contributed by atoms with van der Waals surface area (Å²) in [6.07, 6.45) is 0.348. The summed E-state index contributed by atoms with van der Waals surface area (Å²) >= 11 is 1.63. The molecule has 2 rings (SSSR count). The number of rotatable bonds is 3. The highest BCUT2D eigenvalue weighted by molar-refractivity contribution is 7.99. The average molecular weight is 306 g/mol. The summed E-state index contributed by atoms with van der Waals surface area (Å²) in [6.45, 7) is 5.84. The van der Waals surface area contributed by atoms with E-state index < -0.39 is 0 Å². The van der Waals surface area contributed by atoms with Crippen LogP contribution in [-0.2, 0) is 16.0 Å². The van der Waals surface area contributed by atoms with Crippen molar-refractivity contribution in [3.05, 3.63) is 35.9 Å². The molecule has 0 bridgehead atoms. The van der Waals surface area contributed by atoms with E-state index in [1.807, 2.05) is 51.1 Å². The first-order valence-corrected chi connectivity index (χ1v) is 8.25. The van der Waals surface area contributed by atoms with Crippen LogP contribution in [0.1, 0.15) is 26.3 Å². The molecule has 1 aliphatic rings. The topological polar surface area (TPSA) is 49.4 Å². The summed E-state index contributed by atoms with van der Waals surface area (Å²) in [5.74, 6) is 1.21. The van der Waals surface area contributed by atoms with Crippen LogP contribution in [0.25, 0.3) is 0 Å². The van der Waals surface area contributed by atoms with Gasteiger partial charge in [0.05, 0.1) is 12.3 Å². The van der Waals surface area contributed by atoms with E-state index in [-0.39, 0.29) is 23.4 Å². The van der Waals surface area contributed by atoms with Gasteiger partial charge in [0, 0.05) is 11.3 Å². The number of hydrogen-bond donors (Lipinski definition) is 1. The third kappa shape index (κ3) is 4.49. The molecular weight excluding hydrogens is 284 g/mol. The zero-order valence-electron chi connectivity index (χ0n) is 12.8. The normalized spacial score (nSPS) is 18.6. The third-order valence-electron chi connectivity index (χ3n) is 3.20. The molecule has 1 unspecified atom stereocenters. The Morgan fingerprint density at radius 2 is 1.95 bits per heavy atom. The van der Waals surface area contributed by atoms with Crippen LogP contribution in [0, 0.1) is 0 Å². The van der Waals surface area contributed by atoms with Crippen molar-refractivity contribution in [2.24, 2.45) is 0 Å². The molecule has 4 nitrogen and oxygen atoms in total. The summed E-state index contributed by atoms with van der Waals surface area (Å²) < 4.78 is 0. The molecule has 1 aromatic rings. The Morgan fingerprint density at radius 1 is 1.29 bits per heavy atom. The van der Waals surface area contributed by atoms with Crippen molar-refractivity contribution in [3.8, 4) is 0 Å². The molecule has 0 aromatic heterocycles. The van der Waals surface area contributed by atoms with Crippen molar-refractivity contribution in [2.75, 3.05) is 11.6 Å². The van der Waals surface area contributed by atoms with Crippen LogP contribution in [0.5, 0.6) is 0 Å². The third-order valence-corrected chi connectivity index (χ3v) is 4.21. The van der Waals surface area contributed by atoms with Crippen LogP contribution in [0.15, 0.2) is 30.3 Å². The lowest BCUT2D eigenvalue weighted by molar-refractivity contribution is -0.138. The van der Waals surface area contributed by atoms with E-state index in [2.05, 4.69) is 5.32 Å². The minimum absolute atomic E-state index is 0.0141. The largest absolute Gasteiger partial charge is 0.350 e. The minimum atomic E-state index is -0.356. The van der Waals surface area contributed by atoms with Gasteiger partial charge in [0.25, 0.3) is 0 Å². The Balaban J connectivity index is 2.01. The number of hydrogen-bond acceptors (Lipinski definition) is 3. The maximum atomic E-state index is 12.4. The van der Waals surface area contributed by atoms with E-state index in [0.29, 0.717) is 18.1 Å². The van der Waals surface area contributed by atoms with Gasteiger partial charge in [0.1, 0.15) is 6.04 Å². The lowest BCUT2D eigenvalue weighted by Gasteiger charge is -2.27. The molecule has 1 heterocycles. The second-order valence-corrected chi connectivity index (χ2v) is 7.28. The first kappa shape index (κ1) is 15.9. The Labute approximate surface area is 130 Å². The highest BCUT2D eigenvalue weighted by Crippen LogP contribution is 2.22. The zero-order valence-corrected chi connectivity index (χ0v) is 13.6. The van der Waals surface area contributed by atoms with Gasteiger partial charge in [-0.05, 0) is 26.3 Å². The zero-order chi connectivity index (χ0) is 15.5. The van der Waals surface area contributed by atoms with Crippen molar-refractivity contribution in [1.29, 1.82) is 0 Å². The van der Waals surface area contributed by atoms with E-state index in [1.54, 1.807) is 16.7 Å². The van der Waals surface area contributed by atoms with Crippen molar-refractivity contribution in [3.63, 3.8) is 0 Å². The summed E-state index contributed by atoms with van der Waals surface area (Å²) in [7, 11) is 0. The van der Waals surface area contributed by atoms with Crippen molar-refractivity contribution >= 4 is 23.6 Å². The van der Waals surface area contributed by atoms with E-state index in [4.69, 9.17) is 0 Å². The molecule has 0 aliphatic carbocycles. The number of benzene rings is 1. The molecule has 2 amide bonds. The lowest BCUT2D eigenvalue weighted by Crippen LogP contribution is -2.52. The Bertz CT molecular complexity index is 511. The fourth-order valence-electron chi connectivity index (χ4n) is 2.23. The Kier molecular flexibility index (Phi) is 4.93. The van der Waals surface area contributed by atoms with Gasteiger partial charge in [0.15, 0.2) is 0 Å². The smallest absolute Gasteiger partial charge is 0.244 e. The summed E-state index contributed by atoms with van der Waals surface area (Å²) in [4.78, 5) is 26.4. The van der Waals surface area contributed by atoms with Gasteiger partial charge >= 0.3 is 0 Å². The van der Waals surface area contributed by atoms with Crippen molar-refractivity contribution in [2.45, 2.75) is 38.8 Å². The fourth-order valence-corrected chi connectivity index (χ4v) is 3.41. The van der Waals surface area contributed by atoms with Crippen LogP contribution in [-0.4, -0.2) is 39.9 Å². The molecule has 1 saturated heterocycles. The summed E-state index contributed by atoms with van der Waals surface area (Å²) in [5, 5.41) is 2.96. The van der Waals surface area contributed by atoms with Gasteiger partial charge in [-0.25, -0.2) is 0 Å². The maximum Gasteiger partial charge on any atom is 0.244 e. The molecule has 1 N–H and O–H groups in total. The molecule has 1 aromatic carbocycles. The van der Waals surface area contributed by atoms with E-state index in [0.717, 1.165) is 5.56 Å². The van der Waals surface area contributed by atoms with Crippen LogP contribution in [0.2, 0.25) is 0 Å². The molecule has 0 saturated carbocycles. The molecule has 5 heteroatoms. The fraction of sp³-hybridized carbons (Fsp3) is 0.500. The van der Waals surface area contributed by atoms with Gasteiger partial charge < -0.3 is 10.2 Å². The second-order valence-electron chi connectivity index (χ2n) is 6.28. The van der Waals surface area contributed by atoms with Crippen LogP contribution >= 0.6 is 11.8 Å². The van der Waals surface area contributed by atoms with Crippen LogP contribution in [0.3, 0.4) is 0 Å². The molecule has 0 spiro atoms. The van der Waals surface area contributed by atoms with Gasteiger partial charge in [-0.15, -0.1) is 11.8 Å².